The van der Waals surface area contributed by atoms with Crippen molar-refractivity contribution >= 4 is 45.6 Å². The number of nitrogens with zero attached hydrogens (tertiary/aromatic N) is 1. The first-order valence-electron chi connectivity index (χ1n) is 7.76. The Labute approximate surface area is 161 Å². The SMILES string of the molecule is C=C(N=C(N)N)c1ccc2c(Cl)cc(Cl)c(-c3ccccc3OC)c2c1. The number of fused-ring (bicyclic) bond motifs is 1. The summed E-state index contributed by atoms with van der Waals surface area (Å²) in [5, 5.41) is 2.80. The molecule has 0 aliphatic carbocycles. The Morgan fingerprint density at radius 3 is 2.42 bits per heavy atom. The summed E-state index contributed by atoms with van der Waals surface area (Å²) in [5.41, 5.74) is 13.8. The Morgan fingerprint density at radius 2 is 1.73 bits per heavy atom. The quantitative estimate of drug-likeness (QED) is 0.486. The van der Waals surface area contributed by atoms with Crippen LogP contribution < -0.4 is 16.2 Å². The summed E-state index contributed by atoms with van der Waals surface area (Å²) >= 11 is 13.0. The highest BCUT2D eigenvalue weighted by Crippen LogP contribution is 2.43. The number of para-hydroxylation sites is 1. The van der Waals surface area contributed by atoms with Gasteiger partial charge < -0.3 is 16.2 Å². The van der Waals surface area contributed by atoms with Crippen molar-refractivity contribution in [2.45, 2.75) is 0 Å². The van der Waals surface area contributed by atoms with E-state index in [2.05, 4.69) is 11.6 Å². The molecular formula is C20H17Cl2N3O. The lowest BCUT2D eigenvalue weighted by Gasteiger charge is -2.15. The van der Waals surface area contributed by atoms with Crippen molar-refractivity contribution in [2.75, 3.05) is 7.11 Å². The lowest BCUT2D eigenvalue weighted by Crippen LogP contribution is -2.22. The molecule has 0 amide bonds. The van der Waals surface area contributed by atoms with Crippen molar-refractivity contribution in [3.05, 3.63) is 70.7 Å². The van der Waals surface area contributed by atoms with Crippen molar-refractivity contribution in [1.29, 1.82) is 0 Å². The van der Waals surface area contributed by atoms with Gasteiger partial charge in [0.25, 0.3) is 0 Å². The highest BCUT2D eigenvalue weighted by Gasteiger charge is 2.16. The van der Waals surface area contributed by atoms with E-state index in [1.165, 1.54) is 0 Å². The number of benzene rings is 3. The highest BCUT2D eigenvalue weighted by molar-refractivity contribution is 6.41. The number of hydrogen-bond donors (Lipinski definition) is 2. The molecule has 0 bridgehead atoms. The maximum absolute atomic E-state index is 6.56. The molecule has 6 heteroatoms. The van der Waals surface area contributed by atoms with Gasteiger partial charge in [-0.1, -0.05) is 60.1 Å². The van der Waals surface area contributed by atoms with Crippen LogP contribution in [0.2, 0.25) is 10.0 Å². The Bertz CT molecular complexity index is 1040. The molecule has 0 radical (unpaired) electrons. The average Bonchev–Trinajstić information content (AvgIpc) is 2.61. The van der Waals surface area contributed by atoms with E-state index in [0.717, 1.165) is 27.5 Å². The molecule has 0 spiro atoms. The van der Waals surface area contributed by atoms with E-state index in [1.807, 2.05) is 42.5 Å². The van der Waals surface area contributed by atoms with Gasteiger partial charge in [-0.25, -0.2) is 4.99 Å². The van der Waals surface area contributed by atoms with Crippen LogP contribution in [0.5, 0.6) is 5.75 Å². The molecule has 0 fully saturated rings. The standard InChI is InChI=1S/C20H17Cl2N3O/c1-11(25-20(23)24)12-7-8-13-15(9-12)19(17(22)10-16(13)21)14-5-3-4-6-18(14)26-2/h3-10H,1H2,2H3,(H4,23,24,25). The number of hydrogen-bond acceptors (Lipinski definition) is 2. The van der Waals surface area contributed by atoms with Gasteiger partial charge in [-0.15, -0.1) is 0 Å². The van der Waals surface area contributed by atoms with Gasteiger partial charge >= 0.3 is 0 Å². The van der Waals surface area contributed by atoms with E-state index < -0.39 is 0 Å². The molecule has 3 aromatic rings. The third-order valence-corrected chi connectivity index (χ3v) is 4.62. The fourth-order valence-electron chi connectivity index (χ4n) is 2.87. The van der Waals surface area contributed by atoms with Crippen molar-refractivity contribution in [3.8, 4) is 16.9 Å². The molecule has 0 atom stereocenters. The Kier molecular flexibility index (Phi) is 5.07. The highest BCUT2D eigenvalue weighted by atomic mass is 35.5. The summed E-state index contributed by atoms with van der Waals surface area (Å²) in [6.45, 7) is 3.91. The molecule has 132 valence electrons. The van der Waals surface area contributed by atoms with Gasteiger partial charge in [0.05, 0.1) is 17.8 Å². The molecule has 3 rings (SSSR count). The molecule has 4 N–H and O–H groups in total. The molecule has 0 saturated carbocycles. The van der Waals surface area contributed by atoms with Gasteiger partial charge in [-0.05, 0) is 23.6 Å². The van der Waals surface area contributed by atoms with E-state index in [9.17, 15) is 0 Å². The smallest absolute Gasteiger partial charge is 0.191 e. The van der Waals surface area contributed by atoms with Gasteiger partial charge in [0, 0.05) is 27.1 Å². The van der Waals surface area contributed by atoms with Gasteiger partial charge in [0.15, 0.2) is 5.96 Å². The second-order valence-electron chi connectivity index (χ2n) is 5.66. The van der Waals surface area contributed by atoms with E-state index >= 15 is 0 Å². The summed E-state index contributed by atoms with van der Waals surface area (Å²) in [6, 6.07) is 15.1. The Balaban J connectivity index is 2.35. The third kappa shape index (κ3) is 3.34. The van der Waals surface area contributed by atoms with Gasteiger partial charge in [-0.3, -0.25) is 0 Å². The normalized spacial score (nSPS) is 10.6. The Morgan fingerprint density at radius 1 is 1.00 bits per heavy atom. The molecule has 0 unspecified atom stereocenters. The summed E-state index contributed by atoms with van der Waals surface area (Å²) in [7, 11) is 1.62. The number of guanidine groups is 1. The maximum Gasteiger partial charge on any atom is 0.191 e. The fraction of sp³-hybridized carbons (Fsp3) is 0.0500. The molecule has 0 aliphatic heterocycles. The van der Waals surface area contributed by atoms with Crippen LogP contribution in [0, 0.1) is 0 Å². The molecule has 0 heterocycles. The van der Waals surface area contributed by atoms with Gasteiger partial charge in [0.2, 0.25) is 0 Å². The van der Waals surface area contributed by atoms with Crippen LogP contribution in [0.25, 0.3) is 27.6 Å². The summed E-state index contributed by atoms with van der Waals surface area (Å²) in [4.78, 5) is 4.02. The van der Waals surface area contributed by atoms with E-state index in [-0.39, 0.29) is 5.96 Å². The first-order chi connectivity index (χ1) is 12.4. The summed E-state index contributed by atoms with van der Waals surface area (Å²) in [6.07, 6.45) is 0. The molecule has 4 nitrogen and oxygen atoms in total. The van der Waals surface area contributed by atoms with Crippen LogP contribution in [0.4, 0.5) is 0 Å². The zero-order valence-corrected chi connectivity index (χ0v) is 15.6. The minimum Gasteiger partial charge on any atom is -0.496 e. The van der Waals surface area contributed by atoms with Crippen molar-refractivity contribution in [1.82, 2.24) is 0 Å². The average molecular weight is 386 g/mol. The summed E-state index contributed by atoms with van der Waals surface area (Å²) < 4.78 is 5.50. The first-order valence-corrected chi connectivity index (χ1v) is 8.52. The summed E-state index contributed by atoms with van der Waals surface area (Å²) in [5.74, 6) is 0.663. The molecule has 0 aliphatic rings. The lowest BCUT2D eigenvalue weighted by molar-refractivity contribution is 0.416. The largest absolute Gasteiger partial charge is 0.496 e. The van der Waals surface area contributed by atoms with E-state index in [4.69, 9.17) is 39.4 Å². The molecular weight excluding hydrogens is 369 g/mol. The molecule has 0 aromatic heterocycles. The maximum atomic E-state index is 6.56. The van der Waals surface area contributed by atoms with Crippen molar-refractivity contribution in [2.24, 2.45) is 16.5 Å². The van der Waals surface area contributed by atoms with E-state index in [1.54, 1.807) is 13.2 Å². The third-order valence-electron chi connectivity index (χ3n) is 4.01. The minimum atomic E-state index is -0.0517. The van der Waals surface area contributed by atoms with E-state index in [0.29, 0.717) is 21.5 Å². The van der Waals surface area contributed by atoms with Crippen molar-refractivity contribution in [3.63, 3.8) is 0 Å². The molecule has 26 heavy (non-hydrogen) atoms. The first kappa shape index (κ1) is 18.1. The Hall–Kier alpha value is -2.69. The molecule has 0 saturated heterocycles. The predicted octanol–water partition coefficient (Wildman–Crippen LogP) is 5.07. The zero-order chi connectivity index (χ0) is 18.8. The van der Waals surface area contributed by atoms with Gasteiger partial charge in [-0.2, -0.15) is 0 Å². The van der Waals surface area contributed by atoms with Crippen LogP contribution in [0.3, 0.4) is 0 Å². The topological polar surface area (TPSA) is 73.6 Å². The molecule has 3 aromatic carbocycles. The lowest BCUT2D eigenvalue weighted by atomic mass is 9.95. The second kappa shape index (κ2) is 7.28. The minimum absolute atomic E-state index is 0.0517. The number of aliphatic imine (C=N–C) groups is 1. The number of nitrogens with two attached hydrogens (primary N) is 2. The monoisotopic (exact) mass is 385 g/mol. The van der Waals surface area contributed by atoms with Crippen LogP contribution in [-0.2, 0) is 0 Å². The number of methoxy groups -OCH3 is 1. The van der Waals surface area contributed by atoms with Crippen LogP contribution in [0.15, 0.2) is 60.1 Å². The van der Waals surface area contributed by atoms with Crippen LogP contribution >= 0.6 is 23.2 Å². The van der Waals surface area contributed by atoms with Gasteiger partial charge in [0.1, 0.15) is 5.75 Å². The predicted molar refractivity (Wildman–Crippen MR) is 111 cm³/mol. The van der Waals surface area contributed by atoms with Crippen LogP contribution in [0.1, 0.15) is 5.56 Å². The number of ether oxygens (including phenoxy) is 1. The number of halogens is 2. The number of rotatable bonds is 4. The van der Waals surface area contributed by atoms with Crippen LogP contribution in [-0.4, -0.2) is 13.1 Å². The second-order valence-corrected chi connectivity index (χ2v) is 6.47. The fourth-order valence-corrected chi connectivity index (χ4v) is 3.52. The van der Waals surface area contributed by atoms with Crippen molar-refractivity contribution < 1.29 is 4.74 Å². The zero-order valence-electron chi connectivity index (χ0n) is 14.1.